The first-order chi connectivity index (χ1) is 9.46. The van der Waals surface area contributed by atoms with E-state index in [1.165, 1.54) is 12.8 Å². The Bertz CT molecular complexity index is 472. The van der Waals surface area contributed by atoms with E-state index in [-0.39, 0.29) is 17.2 Å². The Labute approximate surface area is 120 Å². The van der Waals surface area contributed by atoms with Crippen LogP contribution in [-0.2, 0) is 10.3 Å². The summed E-state index contributed by atoms with van der Waals surface area (Å²) in [6.07, 6.45) is 5.44. The van der Waals surface area contributed by atoms with Gasteiger partial charge in [0, 0.05) is 19.2 Å². The number of hydrogen-bond donors (Lipinski definition) is 0. The first-order valence-electron chi connectivity index (χ1n) is 7.62. The first kappa shape index (κ1) is 14.0. The normalized spacial score (nSPS) is 26.7. The van der Waals surface area contributed by atoms with Crippen LogP contribution >= 0.6 is 0 Å². The van der Waals surface area contributed by atoms with Gasteiger partial charge in [-0.05, 0) is 52.9 Å². The number of likely N-dealkylation sites (tertiary alicyclic amines) is 1. The van der Waals surface area contributed by atoms with E-state index >= 15 is 0 Å². The van der Waals surface area contributed by atoms with Crippen molar-refractivity contribution in [3.63, 3.8) is 0 Å². The third kappa shape index (κ3) is 2.17. The van der Waals surface area contributed by atoms with Crippen molar-refractivity contribution in [1.82, 2.24) is 15.0 Å². The highest BCUT2D eigenvalue weighted by molar-refractivity contribution is 5.08. The number of nitrogens with zero attached hydrogens (tertiary/aromatic N) is 3. The molecule has 1 aromatic rings. The molecule has 2 heterocycles. The maximum absolute atomic E-state index is 5.73. The van der Waals surface area contributed by atoms with Crippen LogP contribution in [0.1, 0.15) is 70.6 Å². The highest BCUT2D eigenvalue weighted by atomic mass is 16.5. The average molecular weight is 279 g/mol. The van der Waals surface area contributed by atoms with E-state index in [0.29, 0.717) is 0 Å². The Kier molecular flexibility index (Phi) is 3.37. The van der Waals surface area contributed by atoms with Crippen LogP contribution < -0.4 is 0 Å². The molecule has 2 aliphatic rings. The van der Waals surface area contributed by atoms with Gasteiger partial charge in [-0.25, -0.2) is 0 Å². The molecule has 0 aromatic carbocycles. The Morgan fingerprint density at radius 3 is 2.50 bits per heavy atom. The van der Waals surface area contributed by atoms with Gasteiger partial charge in [-0.2, -0.15) is 4.98 Å². The SMILES string of the molecule is COC1(c2noc(C3CCN3C(C)(C)C)n2)CCCC1. The molecule has 5 heteroatoms. The molecule has 0 N–H and O–H groups in total. The maximum Gasteiger partial charge on any atom is 0.244 e. The summed E-state index contributed by atoms with van der Waals surface area (Å²) in [4.78, 5) is 7.09. The lowest BCUT2D eigenvalue weighted by molar-refractivity contribution is -0.0178. The van der Waals surface area contributed by atoms with Crippen molar-refractivity contribution >= 4 is 0 Å². The fraction of sp³-hybridized carbons (Fsp3) is 0.867. The molecule has 1 saturated heterocycles. The van der Waals surface area contributed by atoms with Gasteiger partial charge in [-0.3, -0.25) is 4.90 Å². The van der Waals surface area contributed by atoms with Crippen LogP contribution in [0.2, 0.25) is 0 Å². The van der Waals surface area contributed by atoms with Gasteiger partial charge in [0.05, 0.1) is 6.04 Å². The first-order valence-corrected chi connectivity index (χ1v) is 7.62. The minimum absolute atomic E-state index is 0.143. The third-order valence-electron chi connectivity index (χ3n) is 4.82. The van der Waals surface area contributed by atoms with Gasteiger partial charge in [0.2, 0.25) is 11.7 Å². The van der Waals surface area contributed by atoms with Crippen molar-refractivity contribution in [3.05, 3.63) is 11.7 Å². The van der Waals surface area contributed by atoms with E-state index in [9.17, 15) is 0 Å². The summed E-state index contributed by atoms with van der Waals surface area (Å²) in [5.41, 5.74) is -0.165. The number of methoxy groups -OCH3 is 1. The van der Waals surface area contributed by atoms with Crippen LogP contribution in [0.5, 0.6) is 0 Å². The lowest BCUT2D eigenvalue weighted by Gasteiger charge is -2.47. The Balaban J connectivity index is 1.81. The van der Waals surface area contributed by atoms with Gasteiger partial charge in [0.15, 0.2) is 0 Å². The molecule has 5 nitrogen and oxygen atoms in total. The maximum atomic E-state index is 5.73. The zero-order valence-electron chi connectivity index (χ0n) is 13.0. The second-order valence-electron chi connectivity index (χ2n) is 7.03. The molecule has 112 valence electrons. The fourth-order valence-electron chi connectivity index (χ4n) is 3.47. The van der Waals surface area contributed by atoms with E-state index < -0.39 is 0 Å². The number of rotatable bonds is 3. The molecule has 1 aliphatic heterocycles. The van der Waals surface area contributed by atoms with Crippen LogP contribution in [0.4, 0.5) is 0 Å². The summed E-state index contributed by atoms with van der Waals surface area (Å²) in [6.45, 7) is 7.78. The Morgan fingerprint density at radius 1 is 1.30 bits per heavy atom. The van der Waals surface area contributed by atoms with Crippen LogP contribution in [0, 0.1) is 0 Å². The second-order valence-corrected chi connectivity index (χ2v) is 7.03. The molecule has 0 bridgehead atoms. The number of aromatic nitrogens is 2. The van der Waals surface area contributed by atoms with E-state index in [0.717, 1.165) is 37.5 Å². The Morgan fingerprint density at radius 2 is 2.00 bits per heavy atom. The van der Waals surface area contributed by atoms with Crippen molar-refractivity contribution in [2.75, 3.05) is 13.7 Å². The molecule has 3 rings (SSSR count). The predicted molar refractivity (Wildman–Crippen MR) is 75.3 cm³/mol. The van der Waals surface area contributed by atoms with Crippen molar-refractivity contribution in [1.29, 1.82) is 0 Å². The van der Waals surface area contributed by atoms with Crippen LogP contribution in [0.15, 0.2) is 4.52 Å². The van der Waals surface area contributed by atoms with Crippen LogP contribution in [-0.4, -0.2) is 34.2 Å². The molecular weight excluding hydrogens is 254 g/mol. The van der Waals surface area contributed by atoms with Gasteiger partial charge in [0.1, 0.15) is 5.60 Å². The largest absolute Gasteiger partial charge is 0.370 e. The van der Waals surface area contributed by atoms with E-state index in [4.69, 9.17) is 9.26 Å². The van der Waals surface area contributed by atoms with Gasteiger partial charge >= 0.3 is 0 Å². The molecule has 1 unspecified atom stereocenters. The van der Waals surface area contributed by atoms with E-state index in [1.54, 1.807) is 7.11 Å². The van der Waals surface area contributed by atoms with Crippen molar-refractivity contribution in [2.24, 2.45) is 0 Å². The van der Waals surface area contributed by atoms with Crippen LogP contribution in [0.3, 0.4) is 0 Å². The quantitative estimate of drug-likeness (QED) is 0.851. The van der Waals surface area contributed by atoms with Crippen molar-refractivity contribution in [3.8, 4) is 0 Å². The molecular formula is C15H25N3O2. The molecule has 0 amide bonds. The summed E-state index contributed by atoms with van der Waals surface area (Å²) >= 11 is 0. The summed E-state index contributed by atoms with van der Waals surface area (Å²) in [7, 11) is 1.76. The predicted octanol–water partition coefficient (Wildman–Crippen LogP) is 3.03. The highest BCUT2D eigenvalue weighted by Crippen LogP contribution is 2.42. The summed E-state index contributed by atoms with van der Waals surface area (Å²) < 4.78 is 11.3. The van der Waals surface area contributed by atoms with E-state index in [2.05, 4.69) is 35.8 Å². The number of ether oxygens (including phenoxy) is 1. The van der Waals surface area contributed by atoms with Gasteiger partial charge in [-0.1, -0.05) is 5.16 Å². The Hall–Kier alpha value is -0.940. The third-order valence-corrected chi connectivity index (χ3v) is 4.82. The number of hydrogen-bond acceptors (Lipinski definition) is 5. The van der Waals surface area contributed by atoms with E-state index in [1.807, 2.05) is 0 Å². The lowest BCUT2D eigenvalue weighted by Crippen LogP contribution is -2.52. The summed E-state index contributed by atoms with van der Waals surface area (Å²) in [6, 6.07) is 0.270. The monoisotopic (exact) mass is 279 g/mol. The molecule has 2 fully saturated rings. The average Bonchev–Trinajstić information content (AvgIpc) is 2.93. The zero-order valence-corrected chi connectivity index (χ0v) is 13.0. The van der Waals surface area contributed by atoms with Crippen LogP contribution in [0.25, 0.3) is 0 Å². The molecule has 1 saturated carbocycles. The molecule has 20 heavy (non-hydrogen) atoms. The van der Waals surface area contributed by atoms with Gasteiger partial charge in [-0.15, -0.1) is 0 Å². The zero-order chi connectivity index (χ0) is 14.4. The van der Waals surface area contributed by atoms with Gasteiger partial charge < -0.3 is 9.26 Å². The minimum atomic E-state index is -0.307. The second kappa shape index (κ2) is 4.81. The standard InChI is InChI=1S/C15H25N3O2/c1-14(2,3)18-10-7-11(18)12-16-13(17-20-12)15(19-4)8-5-6-9-15/h11H,5-10H2,1-4H3. The van der Waals surface area contributed by atoms with Gasteiger partial charge in [0.25, 0.3) is 0 Å². The molecule has 1 atom stereocenters. The molecule has 0 spiro atoms. The summed E-state index contributed by atoms with van der Waals surface area (Å²) in [5, 5.41) is 4.22. The topological polar surface area (TPSA) is 51.4 Å². The smallest absolute Gasteiger partial charge is 0.244 e. The molecule has 1 aromatic heterocycles. The van der Waals surface area contributed by atoms with Crippen molar-refractivity contribution < 1.29 is 9.26 Å². The summed E-state index contributed by atoms with van der Waals surface area (Å²) in [5.74, 6) is 1.50. The highest BCUT2D eigenvalue weighted by Gasteiger charge is 2.44. The lowest BCUT2D eigenvalue weighted by atomic mass is 9.93. The minimum Gasteiger partial charge on any atom is -0.370 e. The fourth-order valence-corrected chi connectivity index (χ4v) is 3.47. The van der Waals surface area contributed by atoms with Crippen molar-refractivity contribution in [2.45, 2.75) is 70.1 Å². The molecule has 1 aliphatic carbocycles. The molecule has 0 radical (unpaired) electrons.